The minimum Gasteiger partial charge on any atom is -0.334 e. The standard InChI is InChI=1S/C14H18ClIN2O/c1-9-4-5-18(11(6-9)8-17)14(19)12-7-10(16)2-3-13(12)15/h2-3,7,9,11H,4-6,8,17H2,1H3. The first-order chi connectivity index (χ1) is 9.02. The van der Waals surface area contributed by atoms with Gasteiger partial charge in [0.2, 0.25) is 0 Å². The number of rotatable bonds is 2. The summed E-state index contributed by atoms with van der Waals surface area (Å²) in [5.74, 6) is 0.634. The number of nitrogens with zero attached hydrogens (tertiary/aromatic N) is 1. The number of halogens is 2. The van der Waals surface area contributed by atoms with Crippen molar-refractivity contribution in [3.63, 3.8) is 0 Å². The Balaban J connectivity index is 2.25. The van der Waals surface area contributed by atoms with Crippen molar-refractivity contribution >= 4 is 40.1 Å². The van der Waals surface area contributed by atoms with E-state index in [1.165, 1.54) is 0 Å². The fourth-order valence-corrected chi connectivity index (χ4v) is 3.25. The van der Waals surface area contributed by atoms with Gasteiger partial charge in [-0.15, -0.1) is 0 Å². The molecule has 1 amide bonds. The second-order valence-corrected chi connectivity index (χ2v) is 6.79. The number of nitrogens with two attached hydrogens (primary N) is 1. The van der Waals surface area contributed by atoms with E-state index in [-0.39, 0.29) is 11.9 Å². The molecule has 1 fully saturated rings. The molecule has 19 heavy (non-hydrogen) atoms. The minimum atomic E-state index is 0.00543. The van der Waals surface area contributed by atoms with Crippen molar-refractivity contribution in [3.05, 3.63) is 32.4 Å². The average Bonchev–Trinajstić information content (AvgIpc) is 2.40. The Kier molecular flexibility index (Phi) is 5.09. The van der Waals surface area contributed by atoms with E-state index < -0.39 is 0 Å². The maximum absolute atomic E-state index is 12.6. The van der Waals surface area contributed by atoms with Crippen LogP contribution in [0.2, 0.25) is 5.02 Å². The Morgan fingerprint density at radius 1 is 1.58 bits per heavy atom. The molecular formula is C14H18ClIN2O. The highest BCUT2D eigenvalue weighted by Crippen LogP contribution is 2.26. The van der Waals surface area contributed by atoms with Crippen LogP contribution in [0, 0.1) is 9.49 Å². The topological polar surface area (TPSA) is 46.3 Å². The molecule has 0 spiro atoms. The van der Waals surface area contributed by atoms with Gasteiger partial charge < -0.3 is 10.6 Å². The minimum absolute atomic E-state index is 0.00543. The second-order valence-electron chi connectivity index (χ2n) is 5.14. The summed E-state index contributed by atoms with van der Waals surface area (Å²) in [4.78, 5) is 14.5. The van der Waals surface area contributed by atoms with Crippen molar-refractivity contribution in [3.8, 4) is 0 Å². The maximum Gasteiger partial charge on any atom is 0.255 e. The first-order valence-electron chi connectivity index (χ1n) is 6.49. The van der Waals surface area contributed by atoms with Crippen molar-refractivity contribution in [2.45, 2.75) is 25.8 Å². The molecule has 1 aromatic carbocycles. The quantitative estimate of drug-likeness (QED) is 0.786. The van der Waals surface area contributed by atoms with E-state index in [0.717, 1.165) is 23.0 Å². The monoisotopic (exact) mass is 392 g/mol. The largest absolute Gasteiger partial charge is 0.334 e. The van der Waals surface area contributed by atoms with Crippen LogP contribution in [0.4, 0.5) is 0 Å². The van der Waals surface area contributed by atoms with E-state index in [2.05, 4.69) is 29.5 Å². The molecule has 2 unspecified atom stereocenters. The molecule has 1 heterocycles. The lowest BCUT2D eigenvalue weighted by molar-refractivity contribution is 0.0574. The fraction of sp³-hybridized carbons (Fsp3) is 0.500. The zero-order valence-electron chi connectivity index (χ0n) is 10.9. The number of likely N-dealkylation sites (tertiary alicyclic amines) is 1. The Morgan fingerprint density at radius 2 is 2.32 bits per heavy atom. The molecule has 0 aliphatic carbocycles. The fourth-order valence-electron chi connectivity index (χ4n) is 2.56. The van der Waals surface area contributed by atoms with Crippen molar-refractivity contribution in [1.82, 2.24) is 4.90 Å². The first kappa shape index (κ1) is 15.1. The average molecular weight is 393 g/mol. The molecular weight excluding hydrogens is 375 g/mol. The summed E-state index contributed by atoms with van der Waals surface area (Å²) in [6.45, 7) is 3.49. The van der Waals surface area contributed by atoms with Gasteiger partial charge in [-0.05, 0) is 59.5 Å². The van der Waals surface area contributed by atoms with Crippen LogP contribution in [0.3, 0.4) is 0 Å². The van der Waals surface area contributed by atoms with Crippen molar-refractivity contribution in [2.75, 3.05) is 13.1 Å². The van der Waals surface area contributed by atoms with Gasteiger partial charge in [0.1, 0.15) is 0 Å². The molecule has 1 aliphatic heterocycles. The summed E-state index contributed by atoms with van der Waals surface area (Å²) in [5.41, 5.74) is 6.40. The highest BCUT2D eigenvalue weighted by Gasteiger charge is 2.30. The van der Waals surface area contributed by atoms with Crippen molar-refractivity contribution in [1.29, 1.82) is 0 Å². The Hall–Kier alpha value is -0.330. The highest BCUT2D eigenvalue weighted by atomic mass is 127. The molecule has 0 aromatic heterocycles. The molecule has 5 heteroatoms. The van der Waals surface area contributed by atoms with Gasteiger partial charge in [0.05, 0.1) is 10.6 Å². The molecule has 1 aliphatic rings. The summed E-state index contributed by atoms with van der Waals surface area (Å²) >= 11 is 8.34. The van der Waals surface area contributed by atoms with E-state index in [1.807, 2.05) is 17.0 Å². The molecule has 104 valence electrons. The number of hydrogen-bond acceptors (Lipinski definition) is 2. The predicted molar refractivity (Wildman–Crippen MR) is 86.4 cm³/mol. The van der Waals surface area contributed by atoms with Gasteiger partial charge in [-0.3, -0.25) is 4.79 Å². The van der Waals surface area contributed by atoms with Gasteiger partial charge in [-0.1, -0.05) is 18.5 Å². The van der Waals surface area contributed by atoms with Crippen molar-refractivity contribution in [2.24, 2.45) is 11.7 Å². The Bertz CT molecular complexity index is 481. The molecule has 3 nitrogen and oxygen atoms in total. The van der Waals surface area contributed by atoms with Crippen LogP contribution in [0.5, 0.6) is 0 Å². The van der Waals surface area contributed by atoms with Crippen LogP contribution in [0.25, 0.3) is 0 Å². The smallest absolute Gasteiger partial charge is 0.255 e. The Morgan fingerprint density at radius 3 is 3.00 bits per heavy atom. The van der Waals surface area contributed by atoms with Crippen LogP contribution in [-0.2, 0) is 0 Å². The Labute approximate surface area is 132 Å². The van der Waals surface area contributed by atoms with Gasteiger partial charge in [0.25, 0.3) is 5.91 Å². The number of carbonyl (C=O) groups excluding carboxylic acids is 1. The van der Waals surface area contributed by atoms with E-state index in [4.69, 9.17) is 17.3 Å². The number of benzene rings is 1. The summed E-state index contributed by atoms with van der Waals surface area (Å²) in [6, 6.07) is 5.65. The number of carbonyl (C=O) groups is 1. The van der Waals surface area contributed by atoms with Gasteiger partial charge >= 0.3 is 0 Å². The summed E-state index contributed by atoms with van der Waals surface area (Å²) in [7, 11) is 0. The van der Waals surface area contributed by atoms with E-state index in [1.54, 1.807) is 6.07 Å². The molecule has 2 atom stereocenters. The number of piperidine rings is 1. The van der Waals surface area contributed by atoms with Gasteiger partial charge in [-0.2, -0.15) is 0 Å². The molecule has 0 radical (unpaired) electrons. The third-order valence-corrected chi connectivity index (χ3v) is 4.67. The lowest BCUT2D eigenvalue weighted by Crippen LogP contribution is -2.49. The maximum atomic E-state index is 12.6. The number of amides is 1. The third-order valence-electron chi connectivity index (χ3n) is 3.67. The van der Waals surface area contributed by atoms with Gasteiger partial charge in [-0.25, -0.2) is 0 Å². The summed E-state index contributed by atoms with van der Waals surface area (Å²) in [5, 5.41) is 0.514. The van der Waals surface area contributed by atoms with Gasteiger partial charge in [0.15, 0.2) is 0 Å². The van der Waals surface area contributed by atoms with Crippen LogP contribution in [0.15, 0.2) is 18.2 Å². The molecule has 1 saturated heterocycles. The van der Waals surface area contributed by atoms with E-state index in [9.17, 15) is 4.79 Å². The predicted octanol–water partition coefficient (Wildman–Crippen LogP) is 3.14. The van der Waals surface area contributed by atoms with Crippen LogP contribution in [0.1, 0.15) is 30.1 Å². The van der Waals surface area contributed by atoms with E-state index in [0.29, 0.717) is 23.0 Å². The molecule has 0 saturated carbocycles. The molecule has 2 N–H and O–H groups in total. The summed E-state index contributed by atoms with van der Waals surface area (Å²) in [6.07, 6.45) is 2.01. The molecule has 2 rings (SSSR count). The number of hydrogen-bond donors (Lipinski definition) is 1. The zero-order chi connectivity index (χ0) is 14.0. The third kappa shape index (κ3) is 3.41. The summed E-state index contributed by atoms with van der Waals surface area (Å²) < 4.78 is 1.01. The highest BCUT2D eigenvalue weighted by molar-refractivity contribution is 14.1. The van der Waals surface area contributed by atoms with E-state index >= 15 is 0 Å². The van der Waals surface area contributed by atoms with Crippen molar-refractivity contribution < 1.29 is 4.79 Å². The molecule has 1 aromatic rings. The molecule has 0 bridgehead atoms. The lowest BCUT2D eigenvalue weighted by atomic mass is 9.92. The second kappa shape index (κ2) is 6.41. The SMILES string of the molecule is CC1CCN(C(=O)c2cc(I)ccc2Cl)C(CN)C1. The normalized spacial score (nSPS) is 23.5. The zero-order valence-corrected chi connectivity index (χ0v) is 13.8. The van der Waals surface area contributed by atoms with Crippen LogP contribution < -0.4 is 5.73 Å². The van der Waals surface area contributed by atoms with Gasteiger partial charge in [0, 0.05) is 22.7 Å². The first-order valence-corrected chi connectivity index (χ1v) is 7.94. The van der Waals surface area contributed by atoms with Crippen LogP contribution in [-0.4, -0.2) is 29.9 Å². The van der Waals surface area contributed by atoms with Crippen LogP contribution >= 0.6 is 34.2 Å². The lowest BCUT2D eigenvalue weighted by Gasteiger charge is -2.38.